The summed E-state index contributed by atoms with van der Waals surface area (Å²) < 4.78 is 26.4. The van der Waals surface area contributed by atoms with Gasteiger partial charge in [0, 0.05) is 32.2 Å². The van der Waals surface area contributed by atoms with Gasteiger partial charge in [-0.25, -0.2) is 12.7 Å². The molecule has 0 aromatic heterocycles. The predicted molar refractivity (Wildman–Crippen MR) is 210 cm³/mol. The van der Waals surface area contributed by atoms with Gasteiger partial charge in [-0.15, -0.1) is 0 Å². The Morgan fingerprint density at radius 2 is 1.59 bits per heavy atom. The smallest absolute Gasteiger partial charge is 0.250 e. The van der Waals surface area contributed by atoms with Crippen molar-refractivity contribution in [3.05, 3.63) is 59.7 Å². The molecule has 9 heteroatoms. The number of hydrogen-bond donors (Lipinski definition) is 3. The molecule has 0 aliphatic carbocycles. The molecule has 4 N–H and O–H groups in total. The molecule has 0 saturated carbocycles. The fourth-order valence-corrected chi connectivity index (χ4v) is 7.81. The molecule has 3 rings (SSSR count). The number of benzene rings is 2. The van der Waals surface area contributed by atoms with E-state index in [9.17, 15) is 13.2 Å². The highest BCUT2D eigenvalue weighted by atomic mass is 32.2. The van der Waals surface area contributed by atoms with Crippen LogP contribution < -0.4 is 16.4 Å². The zero-order chi connectivity index (χ0) is 36.6. The van der Waals surface area contributed by atoms with Crippen molar-refractivity contribution in [2.45, 2.75) is 113 Å². The van der Waals surface area contributed by atoms with E-state index < -0.39 is 15.9 Å². The summed E-state index contributed by atoms with van der Waals surface area (Å²) in [4.78, 5) is 15.3. The molecule has 1 fully saturated rings. The number of piperidine rings is 1. The standard InChI is InChI=1S/C36H57N5O3S.C4H10/c1-8-13-19-40(11-4)36(28(9-2)10-3)39-25-27-15-14-16-30(22-27)31-23-32(34(38-7)33(24-31)35(37)42)26(6)29-17-20-41(21-18-29)45(43,44)12-5;1-3-4-2/h14-16,22-24,28-29,36,38-39H,6,8-13,17-21,25H2,1-5,7H3,(H2,37,42);3-4H2,1-2H3. The number of carbonyl (C=O) groups excluding carboxylic acids is 1. The third-order valence-electron chi connectivity index (χ3n) is 10.1. The van der Waals surface area contributed by atoms with Crippen LogP contribution in [0.4, 0.5) is 5.69 Å². The zero-order valence-corrected chi connectivity index (χ0v) is 32.7. The Morgan fingerprint density at radius 3 is 2.10 bits per heavy atom. The number of allylic oxidation sites excluding steroid dienone is 1. The summed E-state index contributed by atoms with van der Waals surface area (Å²) in [5, 5.41) is 7.10. The molecule has 1 amide bonds. The van der Waals surface area contributed by atoms with E-state index in [2.05, 4.69) is 94.0 Å². The number of carbonyl (C=O) groups is 1. The Bertz CT molecular complexity index is 1410. The molecule has 1 saturated heterocycles. The van der Waals surface area contributed by atoms with E-state index >= 15 is 0 Å². The molecular formula is C40H67N5O3S. The fourth-order valence-electron chi connectivity index (χ4n) is 6.68. The number of primary amides is 1. The van der Waals surface area contributed by atoms with Crippen LogP contribution in [0.1, 0.15) is 121 Å². The minimum Gasteiger partial charge on any atom is -0.387 e. The summed E-state index contributed by atoms with van der Waals surface area (Å²) in [5.41, 5.74) is 11.8. The highest BCUT2D eigenvalue weighted by Crippen LogP contribution is 2.39. The highest BCUT2D eigenvalue weighted by Gasteiger charge is 2.30. The Labute approximate surface area is 299 Å². The summed E-state index contributed by atoms with van der Waals surface area (Å²) in [6.45, 7) is 23.4. The van der Waals surface area contributed by atoms with E-state index in [4.69, 9.17) is 5.73 Å². The second-order valence-corrected chi connectivity index (χ2v) is 15.5. The van der Waals surface area contributed by atoms with Gasteiger partial charge in [-0.1, -0.05) is 98.4 Å². The first-order valence-corrected chi connectivity index (χ1v) is 20.5. The average molecular weight is 698 g/mol. The van der Waals surface area contributed by atoms with E-state index in [1.165, 1.54) is 31.2 Å². The third kappa shape index (κ3) is 11.9. The van der Waals surface area contributed by atoms with Gasteiger partial charge in [0.25, 0.3) is 5.91 Å². The molecule has 276 valence electrons. The lowest BCUT2D eigenvalue weighted by Gasteiger charge is -2.37. The van der Waals surface area contributed by atoms with Crippen LogP contribution in [0.3, 0.4) is 0 Å². The molecule has 49 heavy (non-hydrogen) atoms. The molecular weight excluding hydrogens is 631 g/mol. The van der Waals surface area contributed by atoms with Gasteiger partial charge in [0.15, 0.2) is 0 Å². The number of amides is 1. The van der Waals surface area contributed by atoms with Crippen LogP contribution in [0.15, 0.2) is 43.0 Å². The van der Waals surface area contributed by atoms with Gasteiger partial charge < -0.3 is 11.1 Å². The first kappa shape index (κ1) is 42.4. The number of rotatable bonds is 19. The Balaban J connectivity index is 0.00000197. The van der Waals surface area contributed by atoms with Crippen molar-refractivity contribution in [1.29, 1.82) is 0 Å². The molecule has 0 radical (unpaired) electrons. The van der Waals surface area contributed by atoms with Gasteiger partial charge in [-0.3, -0.25) is 15.0 Å². The molecule has 0 bridgehead atoms. The Morgan fingerprint density at radius 1 is 0.959 bits per heavy atom. The van der Waals surface area contributed by atoms with Gasteiger partial charge in [-0.2, -0.15) is 0 Å². The summed E-state index contributed by atoms with van der Waals surface area (Å²) >= 11 is 0. The minimum atomic E-state index is -3.22. The summed E-state index contributed by atoms with van der Waals surface area (Å²) in [6.07, 6.45) is 8.95. The SMILES string of the molecule is C=C(c1cc(-c2cccc(CNC(C(CC)CC)N(CC)CCCC)c2)cc(C(N)=O)c1NC)C1CCN(S(=O)(=O)CC)CC1.CCCC. The second kappa shape index (κ2) is 21.5. The Hall–Kier alpha value is -2.72. The Kier molecular flexibility index (Phi) is 18.6. The summed E-state index contributed by atoms with van der Waals surface area (Å²) in [5.74, 6) is 0.273. The number of nitrogens with two attached hydrogens (primary N) is 1. The summed E-state index contributed by atoms with van der Waals surface area (Å²) in [7, 11) is -1.43. The molecule has 2 aromatic rings. The lowest BCUT2D eigenvalue weighted by Crippen LogP contribution is -2.50. The lowest BCUT2D eigenvalue weighted by molar-refractivity contribution is 0.100. The number of unbranched alkanes of at least 4 members (excludes halogenated alkanes) is 2. The highest BCUT2D eigenvalue weighted by molar-refractivity contribution is 7.89. The zero-order valence-electron chi connectivity index (χ0n) is 31.9. The van der Waals surface area contributed by atoms with Crippen LogP contribution in [0.2, 0.25) is 0 Å². The van der Waals surface area contributed by atoms with Gasteiger partial charge >= 0.3 is 0 Å². The molecule has 2 aromatic carbocycles. The molecule has 1 unspecified atom stereocenters. The third-order valence-corrected chi connectivity index (χ3v) is 12.0. The number of sulfonamides is 1. The van der Waals surface area contributed by atoms with Gasteiger partial charge in [0.1, 0.15) is 0 Å². The van der Waals surface area contributed by atoms with Crippen molar-refractivity contribution in [3.63, 3.8) is 0 Å². The van der Waals surface area contributed by atoms with Crippen LogP contribution in [-0.2, 0) is 16.6 Å². The molecule has 0 spiro atoms. The van der Waals surface area contributed by atoms with E-state index in [0.717, 1.165) is 54.7 Å². The lowest BCUT2D eigenvalue weighted by atomic mass is 9.83. The monoisotopic (exact) mass is 697 g/mol. The van der Waals surface area contributed by atoms with Gasteiger partial charge in [-0.05, 0) is 91.6 Å². The molecule has 1 heterocycles. The van der Waals surface area contributed by atoms with Crippen molar-refractivity contribution >= 4 is 27.2 Å². The van der Waals surface area contributed by atoms with E-state index in [0.29, 0.717) is 49.3 Å². The number of hydrogen-bond acceptors (Lipinski definition) is 6. The maximum Gasteiger partial charge on any atom is 0.250 e. The topological polar surface area (TPSA) is 108 Å². The van der Waals surface area contributed by atoms with Crippen LogP contribution in [-0.4, -0.2) is 68.7 Å². The van der Waals surface area contributed by atoms with E-state index in [1.54, 1.807) is 18.3 Å². The van der Waals surface area contributed by atoms with Crippen LogP contribution in [0.25, 0.3) is 16.7 Å². The van der Waals surface area contributed by atoms with E-state index in [1.807, 2.05) is 6.07 Å². The second-order valence-electron chi connectivity index (χ2n) is 13.2. The summed E-state index contributed by atoms with van der Waals surface area (Å²) in [6, 6.07) is 12.4. The van der Waals surface area contributed by atoms with Crippen LogP contribution >= 0.6 is 0 Å². The normalized spacial score (nSPS) is 14.8. The number of nitrogens with one attached hydrogen (secondary N) is 2. The molecule has 1 aliphatic rings. The fraction of sp³-hybridized carbons (Fsp3) is 0.625. The minimum absolute atomic E-state index is 0.100. The largest absolute Gasteiger partial charge is 0.387 e. The van der Waals surface area contributed by atoms with E-state index in [-0.39, 0.29) is 11.7 Å². The first-order chi connectivity index (χ1) is 23.5. The molecule has 1 aliphatic heterocycles. The maximum absolute atomic E-state index is 12.7. The maximum atomic E-state index is 12.7. The average Bonchev–Trinajstić information content (AvgIpc) is 3.13. The number of nitrogens with zero attached hydrogens (tertiary/aromatic N) is 2. The number of anilines is 1. The van der Waals surface area contributed by atoms with Crippen molar-refractivity contribution in [1.82, 2.24) is 14.5 Å². The van der Waals surface area contributed by atoms with Crippen molar-refractivity contribution in [2.24, 2.45) is 17.6 Å². The van der Waals surface area contributed by atoms with Gasteiger partial charge in [0.2, 0.25) is 10.0 Å². The van der Waals surface area contributed by atoms with Crippen LogP contribution in [0.5, 0.6) is 0 Å². The van der Waals surface area contributed by atoms with Crippen molar-refractivity contribution in [3.8, 4) is 11.1 Å². The molecule has 8 nitrogen and oxygen atoms in total. The first-order valence-electron chi connectivity index (χ1n) is 18.9. The van der Waals surface area contributed by atoms with Crippen LogP contribution in [0, 0.1) is 11.8 Å². The van der Waals surface area contributed by atoms with Gasteiger partial charge in [0.05, 0.1) is 23.2 Å². The quantitative estimate of drug-likeness (QED) is 0.127. The van der Waals surface area contributed by atoms with Crippen molar-refractivity contribution in [2.75, 3.05) is 44.3 Å². The predicted octanol–water partition coefficient (Wildman–Crippen LogP) is 8.35. The molecule has 1 atom stereocenters. The van der Waals surface area contributed by atoms with Crippen molar-refractivity contribution < 1.29 is 13.2 Å².